The van der Waals surface area contributed by atoms with Crippen molar-refractivity contribution >= 4 is 11.9 Å². The molecule has 0 fully saturated rings. The first-order valence-electron chi connectivity index (χ1n) is 4.75. The van der Waals surface area contributed by atoms with Gasteiger partial charge in [-0.3, -0.25) is 4.79 Å². The third-order valence-corrected chi connectivity index (χ3v) is 2.11. The predicted octanol–water partition coefficient (Wildman–Crippen LogP) is 0.902. The van der Waals surface area contributed by atoms with Gasteiger partial charge < -0.3 is 20.6 Å². The number of carbonyl (C=O) groups excluding carboxylic acids is 1. The van der Waals surface area contributed by atoms with Crippen LogP contribution in [0.5, 0.6) is 11.5 Å². The third-order valence-electron chi connectivity index (χ3n) is 2.11. The molecule has 1 rings (SSSR count). The van der Waals surface area contributed by atoms with Gasteiger partial charge >= 0.3 is 18.1 Å². The Morgan fingerprint density at radius 3 is 2.16 bits per heavy atom. The maximum atomic E-state index is 12.0. The molecule has 19 heavy (non-hydrogen) atoms. The number of aromatic hydroxyl groups is 2. The van der Waals surface area contributed by atoms with Crippen molar-refractivity contribution in [3.05, 3.63) is 23.8 Å². The number of alkyl halides is 3. The van der Waals surface area contributed by atoms with Crippen LogP contribution in [-0.4, -0.2) is 33.4 Å². The fourth-order valence-corrected chi connectivity index (χ4v) is 1.22. The third kappa shape index (κ3) is 3.50. The molecule has 1 amide bonds. The van der Waals surface area contributed by atoms with Crippen molar-refractivity contribution in [2.45, 2.75) is 12.2 Å². The summed E-state index contributed by atoms with van der Waals surface area (Å²) < 4.78 is 36.1. The smallest absolute Gasteiger partial charge is 0.471 e. The van der Waals surface area contributed by atoms with Gasteiger partial charge in [0.25, 0.3) is 0 Å². The number of phenolic OH excluding ortho intramolecular Hbond substituents is 2. The second kappa shape index (κ2) is 5.04. The fraction of sp³-hybridized carbons (Fsp3) is 0.200. The topological polar surface area (TPSA) is 107 Å². The van der Waals surface area contributed by atoms with Gasteiger partial charge in [-0.05, 0) is 17.7 Å². The lowest BCUT2D eigenvalue weighted by molar-refractivity contribution is -0.175. The van der Waals surface area contributed by atoms with Crippen molar-refractivity contribution < 1.29 is 38.1 Å². The molecule has 104 valence electrons. The lowest BCUT2D eigenvalue weighted by Gasteiger charge is -2.16. The Morgan fingerprint density at radius 2 is 1.74 bits per heavy atom. The van der Waals surface area contributed by atoms with Crippen molar-refractivity contribution in [2.75, 3.05) is 0 Å². The molecule has 1 atom stereocenters. The van der Waals surface area contributed by atoms with Crippen molar-refractivity contribution in [1.29, 1.82) is 0 Å². The molecule has 6 nitrogen and oxygen atoms in total. The lowest BCUT2D eigenvalue weighted by atomic mass is 10.1. The normalized spacial score (nSPS) is 12.8. The molecule has 4 N–H and O–H groups in total. The summed E-state index contributed by atoms with van der Waals surface area (Å²) in [5, 5.41) is 28.2. The average molecular weight is 279 g/mol. The molecule has 0 saturated carbocycles. The van der Waals surface area contributed by atoms with Gasteiger partial charge in [-0.1, -0.05) is 6.07 Å². The van der Waals surface area contributed by atoms with Crippen LogP contribution >= 0.6 is 0 Å². The number of nitrogens with one attached hydrogen (secondary N) is 1. The molecule has 1 aromatic carbocycles. The molecule has 0 aromatic heterocycles. The average Bonchev–Trinajstić information content (AvgIpc) is 2.27. The number of aliphatic carboxylic acids is 1. The van der Waals surface area contributed by atoms with Crippen LogP contribution in [0, 0.1) is 0 Å². The van der Waals surface area contributed by atoms with Gasteiger partial charge in [0.05, 0.1) is 0 Å². The number of carboxylic acids is 1. The predicted molar refractivity (Wildman–Crippen MR) is 54.3 cm³/mol. The molecule has 0 aliphatic heterocycles. The molecular weight excluding hydrogens is 271 g/mol. The van der Waals surface area contributed by atoms with Gasteiger partial charge in [0.2, 0.25) is 0 Å². The van der Waals surface area contributed by atoms with Crippen molar-refractivity contribution in [1.82, 2.24) is 5.32 Å². The van der Waals surface area contributed by atoms with Crippen LogP contribution in [0.1, 0.15) is 11.6 Å². The SMILES string of the molecule is O=C(O)C(NC(=O)C(F)(F)F)c1ccc(O)c(O)c1. The highest BCUT2D eigenvalue weighted by Gasteiger charge is 2.41. The monoisotopic (exact) mass is 279 g/mol. The van der Waals surface area contributed by atoms with E-state index in [0.29, 0.717) is 0 Å². The highest BCUT2D eigenvalue weighted by Crippen LogP contribution is 2.28. The minimum Gasteiger partial charge on any atom is -0.504 e. The van der Waals surface area contributed by atoms with E-state index in [1.807, 2.05) is 0 Å². The first-order chi connectivity index (χ1) is 8.62. The molecular formula is C10H8F3NO5. The first-order valence-corrected chi connectivity index (χ1v) is 4.75. The van der Waals surface area contributed by atoms with E-state index in [0.717, 1.165) is 18.2 Å². The highest BCUT2D eigenvalue weighted by atomic mass is 19.4. The van der Waals surface area contributed by atoms with Crippen LogP contribution in [0.3, 0.4) is 0 Å². The number of carboxylic acid groups (broad SMARTS) is 1. The second-order valence-electron chi connectivity index (χ2n) is 3.49. The van der Waals surface area contributed by atoms with Crippen molar-refractivity contribution in [2.24, 2.45) is 0 Å². The summed E-state index contributed by atoms with van der Waals surface area (Å²) in [6, 6.07) is 0.593. The quantitative estimate of drug-likeness (QED) is 0.615. The maximum Gasteiger partial charge on any atom is 0.471 e. The van der Waals surface area contributed by atoms with E-state index in [9.17, 15) is 22.8 Å². The Labute approximate surface area is 104 Å². The van der Waals surface area contributed by atoms with E-state index in [2.05, 4.69) is 0 Å². The van der Waals surface area contributed by atoms with Crippen molar-refractivity contribution in [3.8, 4) is 11.5 Å². The fourth-order valence-electron chi connectivity index (χ4n) is 1.22. The van der Waals surface area contributed by atoms with E-state index in [4.69, 9.17) is 15.3 Å². The Balaban J connectivity index is 3.05. The van der Waals surface area contributed by atoms with E-state index in [1.165, 1.54) is 5.32 Å². The second-order valence-corrected chi connectivity index (χ2v) is 3.49. The Hall–Kier alpha value is -2.45. The summed E-state index contributed by atoms with van der Waals surface area (Å²) >= 11 is 0. The van der Waals surface area contributed by atoms with Gasteiger partial charge in [0.1, 0.15) is 0 Å². The zero-order valence-corrected chi connectivity index (χ0v) is 9.10. The molecule has 0 heterocycles. The van der Waals surface area contributed by atoms with Crippen LogP contribution in [0.2, 0.25) is 0 Å². The largest absolute Gasteiger partial charge is 0.504 e. The molecule has 0 aliphatic carbocycles. The number of rotatable bonds is 3. The van der Waals surface area contributed by atoms with E-state index in [1.54, 1.807) is 0 Å². The standard InChI is InChI=1S/C10H8F3NO5/c11-10(12,13)9(19)14-7(8(17)18)4-1-2-5(15)6(16)3-4/h1-3,7,15-16H,(H,14,19)(H,17,18). The van der Waals surface area contributed by atoms with Crippen LogP contribution < -0.4 is 5.32 Å². The molecule has 0 bridgehead atoms. The minimum atomic E-state index is -5.23. The van der Waals surface area contributed by atoms with Crippen LogP contribution in [0.4, 0.5) is 13.2 Å². The summed E-state index contributed by atoms with van der Waals surface area (Å²) in [5.74, 6) is -5.46. The summed E-state index contributed by atoms with van der Waals surface area (Å²) in [7, 11) is 0. The van der Waals surface area contributed by atoms with Gasteiger partial charge in [-0.15, -0.1) is 0 Å². The zero-order valence-electron chi connectivity index (χ0n) is 9.10. The number of hydrogen-bond acceptors (Lipinski definition) is 4. The van der Waals surface area contributed by atoms with E-state index >= 15 is 0 Å². The van der Waals surface area contributed by atoms with Crippen molar-refractivity contribution in [3.63, 3.8) is 0 Å². The number of hydrogen-bond donors (Lipinski definition) is 4. The van der Waals surface area contributed by atoms with Gasteiger partial charge in [0, 0.05) is 0 Å². The first kappa shape index (κ1) is 14.6. The number of halogens is 3. The van der Waals surface area contributed by atoms with Crippen LogP contribution in [-0.2, 0) is 9.59 Å². The lowest BCUT2D eigenvalue weighted by Crippen LogP contribution is -2.41. The maximum absolute atomic E-state index is 12.0. The van der Waals surface area contributed by atoms with Gasteiger partial charge in [0.15, 0.2) is 17.5 Å². The number of benzene rings is 1. The van der Waals surface area contributed by atoms with Gasteiger partial charge in [-0.2, -0.15) is 13.2 Å². The van der Waals surface area contributed by atoms with E-state index < -0.39 is 35.6 Å². The summed E-state index contributed by atoms with van der Waals surface area (Å²) in [6.45, 7) is 0. The summed E-state index contributed by atoms with van der Waals surface area (Å²) in [5.41, 5.74) is -0.319. The van der Waals surface area contributed by atoms with Crippen LogP contribution in [0.15, 0.2) is 18.2 Å². The van der Waals surface area contributed by atoms with Crippen LogP contribution in [0.25, 0.3) is 0 Å². The zero-order chi connectivity index (χ0) is 14.8. The Morgan fingerprint density at radius 1 is 1.16 bits per heavy atom. The Bertz CT molecular complexity index is 514. The number of phenols is 2. The summed E-state index contributed by atoms with van der Waals surface area (Å²) in [4.78, 5) is 21.5. The highest BCUT2D eigenvalue weighted by molar-refractivity contribution is 5.87. The molecule has 0 spiro atoms. The molecule has 9 heteroatoms. The van der Waals surface area contributed by atoms with Gasteiger partial charge in [-0.25, -0.2) is 4.79 Å². The Kier molecular flexibility index (Phi) is 3.88. The molecule has 0 radical (unpaired) electrons. The molecule has 1 aromatic rings. The van der Waals surface area contributed by atoms with E-state index in [-0.39, 0.29) is 5.56 Å². The molecule has 0 saturated heterocycles. The summed E-state index contributed by atoms with van der Waals surface area (Å²) in [6.07, 6.45) is -5.23. The number of amides is 1. The molecule has 1 unspecified atom stereocenters. The number of carbonyl (C=O) groups is 2. The minimum absolute atomic E-state index is 0.319. The molecule has 0 aliphatic rings.